The molecule has 2 saturated heterocycles. The van der Waals surface area contributed by atoms with Crippen molar-refractivity contribution in [2.45, 2.75) is 36.7 Å². The summed E-state index contributed by atoms with van der Waals surface area (Å²) in [6, 6.07) is 1.81. The van der Waals surface area contributed by atoms with Gasteiger partial charge < -0.3 is 15.2 Å². The number of ether oxygens (including phenoxy) is 1. The normalized spacial score (nSPS) is 33.0. The summed E-state index contributed by atoms with van der Waals surface area (Å²) in [4.78, 5) is 0. The van der Waals surface area contributed by atoms with E-state index in [9.17, 15) is 22.7 Å². The number of benzene rings is 1. The highest BCUT2D eigenvalue weighted by molar-refractivity contribution is 5.32. The van der Waals surface area contributed by atoms with Crippen molar-refractivity contribution < 1.29 is 27.4 Å². The van der Waals surface area contributed by atoms with Crippen LogP contribution in [-0.2, 0) is 16.5 Å². The van der Waals surface area contributed by atoms with Crippen LogP contribution in [0, 0.1) is 5.82 Å². The second kappa shape index (κ2) is 4.93. The smallest absolute Gasteiger partial charge is 0.385 e. The Balaban J connectivity index is 1.98. The lowest BCUT2D eigenvalue weighted by molar-refractivity contribution is -0.138. The average molecular weight is 305 g/mol. The zero-order chi connectivity index (χ0) is 15.3. The van der Waals surface area contributed by atoms with Gasteiger partial charge in [0.1, 0.15) is 5.82 Å². The predicted octanol–water partition coefficient (Wildman–Crippen LogP) is 2.18. The van der Waals surface area contributed by atoms with E-state index in [0.29, 0.717) is 19.3 Å². The molecule has 1 aromatic rings. The Bertz CT molecular complexity index is 534. The van der Waals surface area contributed by atoms with Crippen molar-refractivity contribution in [2.75, 3.05) is 13.2 Å². The first kappa shape index (κ1) is 14.7. The Kier molecular flexibility index (Phi) is 3.46. The van der Waals surface area contributed by atoms with E-state index in [1.165, 1.54) is 0 Å². The number of morpholine rings is 1. The number of halogens is 4. The third kappa shape index (κ3) is 2.77. The fourth-order valence-corrected chi connectivity index (χ4v) is 3.19. The highest BCUT2D eigenvalue weighted by Crippen LogP contribution is 2.40. The van der Waals surface area contributed by atoms with Crippen LogP contribution in [0.4, 0.5) is 17.6 Å². The number of nitrogens with one attached hydrogen (secondary N) is 1. The standard InChI is InChI=1S/C14H15F4NO2/c15-12-2-1-8(14(16,17)18)3-11(12)13(20)4-9-6-21-7-10(5-13)19-9/h1-3,9-10,19-20H,4-7H2. The molecule has 2 bridgehead atoms. The summed E-state index contributed by atoms with van der Waals surface area (Å²) in [5.41, 5.74) is -2.83. The highest BCUT2D eigenvalue weighted by atomic mass is 19.4. The minimum atomic E-state index is -4.56. The largest absolute Gasteiger partial charge is 0.416 e. The summed E-state index contributed by atoms with van der Waals surface area (Å²) < 4.78 is 57.7. The van der Waals surface area contributed by atoms with Crippen LogP contribution >= 0.6 is 0 Å². The van der Waals surface area contributed by atoms with Gasteiger partial charge in [0.25, 0.3) is 0 Å². The topological polar surface area (TPSA) is 41.5 Å². The van der Waals surface area contributed by atoms with E-state index < -0.39 is 23.2 Å². The van der Waals surface area contributed by atoms with Gasteiger partial charge in [0.15, 0.2) is 0 Å². The van der Waals surface area contributed by atoms with Crippen LogP contribution in [0.2, 0.25) is 0 Å². The third-order valence-corrected chi connectivity index (χ3v) is 4.07. The molecule has 0 amide bonds. The van der Waals surface area contributed by atoms with Gasteiger partial charge in [0.05, 0.1) is 24.4 Å². The van der Waals surface area contributed by atoms with Crippen LogP contribution in [0.15, 0.2) is 18.2 Å². The molecule has 7 heteroatoms. The Labute approximate surface area is 118 Å². The number of fused-ring (bicyclic) bond motifs is 2. The first-order valence-corrected chi connectivity index (χ1v) is 6.71. The molecule has 0 saturated carbocycles. The summed E-state index contributed by atoms with van der Waals surface area (Å²) in [7, 11) is 0. The van der Waals surface area contributed by atoms with E-state index in [0.717, 1.165) is 12.1 Å². The van der Waals surface area contributed by atoms with Crippen LogP contribution in [0.3, 0.4) is 0 Å². The van der Waals surface area contributed by atoms with Gasteiger partial charge in [0, 0.05) is 17.6 Å². The number of aliphatic hydroxyl groups is 1. The number of piperidine rings is 1. The Morgan fingerprint density at radius 3 is 2.38 bits per heavy atom. The SMILES string of the molecule is OC1(c2cc(C(F)(F)F)ccc2F)CC2COCC(C1)N2. The average Bonchev–Trinajstić information content (AvgIpc) is 2.36. The van der Waals surface area contributed by atoms with Gasteiger partial charge in [-0.05, 0) is 31.0 Å². The summed E-state index contributed by atoms with van der Waals surface area (Å²) in [5.74, 6) is -0.814. The minimum absolute atomic E-state index is 0.127. The molecule has 0 spiro atoms. The maximum Gasteiger partial charge on any atom is 0.416 e. The lowest BCUT2D eigenvalue weighted by atomic mass is 9.77. The second-order valence-corrected chi connectivity index (χ2v) is 5.73. The van der Waals surface area contributed by atoms with Crippen molar-refractivity contribution in [2.24, 2.45) is 0 Å². The van der Waals surface area contributed by atoms with Gasteiger partial charge in [-0.25, -0.2) is 4.39 Å². The molecule has 2 unspecified atom stereocenters. The molecule has 2 fully saturated rings. The van der Waals surface area contributed by atoms with Crippen LogP contribution in [-0.4, -0.2) is 30.4 Å². The molecular weight excluding hydrogens is 290 g/mol. The zero-order valence-electron chi connectivity index (χ0n) is 11.1. The van der Waals surface area contributed by atoms with E-state index in [2.05, 4.69) is 5.32 Å². The molecule has 21 heavy (non-hydrogen) atoms. The maximum atomic E-state index is 14.0. The highest BCUT2D eigenvalue weighted by Gasteiger charge is 2.44. The van der Waals surface area contributed by atoms with Gasteiger partial charge in [-0.15, -0.1) is 0 Å². The van der Waals surface area contributed by atoms with Crippen molar-refractivity contribution in [1.82, 2.24) is 5.32 Å². The molecule has 0 aliphatic carbocycles. The Morgan fingerprint density at radius 1 is 1.19 bits per heavy atom. The van der Waals surface area contributed by atoms with Gasteiger partial charge in [-0.1, -0.05) is 0 Å². The van der Waals surface area contributed by atoms with Crippen LogP contribution in [0.25, 0.3) is 0 Å². The minimum Gasteiger partial charge on any atom is -0.385 e. The molecule has 3 nitrogen and oxygen atoms in total. The lowest BCUT2D eigenvalue weighted by Gasteiger charge is -2.45. The second-order valence-electron chi connectivity index (χ2n) is 5.73. The molecule has 2 N–H and O–H groups in total. The molecule has 2 heterocycles. The summed E-state index contributed by atoms with van der Waals surface area (Å²) >= 11 is 0. The Morgan fingerprint density at radius 2 is 1.81 bits per heavy atom. The molecule has 0 radical (unpaired) electrons. The van der Waals surface area contributed by atoms with E-state index in [-0.39, 0.29) is 30.5 Å². The van der Waals surface area contributed by atoms with Crippen molar-refractivity contribution in [1.29, 1.82) is 0 Å². The maximum absolute atomic E-state index is 14.0. The molecule has 2 aliphatic rings. The summed E-state index contributed by atoms with van der Waals surface area (Å²) in [6.07, 6.45) is -4.31. The summed E-state index contributed by atoms with van der Waals surface area (Å²) in [5, 5.41) is 13.9. The molecule has 3 rings (SSSR count). The van der Waals surface area contributed by atoms with E-state index in [1.54, 1.807) is 0 Å². The first-order chi connectivity index (χ1) is 9.78. The van der Waals surface area contributed by atoms with Crippen LogP contribution in [0.5, 0.6) is 0 Å². The predicted molar refractivity (Wildman–Crippen MR) is 66.1 cm³/mol. The van der Waals surface area contributed by atoms with Gasteiger partial charge >= 0.3 is 6.18 Å². The van der Waals surface area contributed by atoms with Gasteiger partial charge in [-0.3, -0.25) is 0 Å². The summed E-state index contributed by atoms with van der Waals surface area (Å²) in [6.45, 7) is 0.721. The van der Waals surface area contributed by atoms with Crippen molar-refractivity contribution in [3.05, 3.63) is 35.1 Å². The first-order valence-electron chi connectivity index (χ1n) is 6.71. The van der Waals surface area contributed by atoms with Crippen molar-refractivity contribution in [3.63, 3.8) is 0 Å². The van der Waals surface area contributed by atoms with Crippen LogP contribution in [0.1, 0.15) is 24.0 Å². The number of hydrogen-bond acceptors (Lipinski definition) is 3. The fraction of sp³-hybridized carbons (Fsp3) is 0.571. The molecule has 2 atom stereocenters. The van der Waals surface area contributed by atoms with Crippen molar-refractivity contribution in [3.8, 4) is 0 Å². The molecule has 1 aromatic carbocycles. The lowest BCUT2D eigenvalue weighted by Crippen LogP contribution is -2.58. The molecule has 116 valence electrons. The molecule has 2 aliphatic heterocycles. The van der Waals surface area contributed by atoms with E-state index >= 15 is 0 Å². The van der Waals surface area contributed by atoms with E-state index in [4.69, 9.17) is 4.74 Å². The van der Waals surface area contributed by atoms with Crippen molar-refractivity contribution >= 4 is 0 Å². The number of hydrogen-bond donors (Lipinski definition) is 2. The van der Waals surface area contributed by atoms with E-state index in [1.807, 2.05) is 0 Å². The zero-order valence-corrected chi connectivity index (χ0v) is 11.1. The third-order valence-electron chi connectivity index (χ3n) is 4.07. The van der Waals surface area contributed by atoms with Crippen LogP contribution < -0.4 is 5.32 Å². The fourth-order valence-electron chi connectivity index (χ4n) is 3.19. The van der Waals surface area contributed by atoms with Gasteiger partial charge in [-0.2, -0.15) is 13.2 Å². The molecule has 0 aromatic heterocycles. The molecular formula is C14H15F4NO2. The number of rotatable bonds is 1. The van der Waals surface area contributed by atoms with Gasteiger partial charge in [0.2, 0.25) is 0 Å². The monoisotopic (exact) mass is 305 g/mol. The Hall–Kier alpha value is -1.18. The quantitative estimate of drug-likeness (QED) is 0.782. The number of alkyl halides is 3.